The zero-order chi connectivity index (χ0) is 11.8. The SMILES string of the molecule is Fc1ccccc1-c1ccc2ncc(Cl)n2c1. The van der Waals surface area contributed by atoms with Gasteiger partial charge in [-0.25, -0.2) is 9.37 Å². The summed E-state index contributed by atoms with van der Waals surface area (Å²) in [6, 6.07) is 10.3. The van der Waals surface area contributed by atoms with Crippen LogP contribution in [0.1, 0.15) is 0 Å². The largest absolute Gasteiger partial charge is 0.290 e. The zero-order valence-electron chi connectivity index (χ0n) is 8.77. The number of hydrogen-bond acceptors (Lipinski definition) is 1. The Morgan fingerprint density at radius 1 is 1.12 bits per heavy atom. The first-order valence-electron chi connectivity index (χ1n) is 5.13. The zero-order valence-corrected chi connectivity index (χ0v) is 9.53. The summed E-state index contributed by atoms with van der Waals surface area (Å²) >= 11 is 5.98. The van der Waals surface area contributed by atoms with Crippen molar-refractivity contribution in [3.05, 3.63) is 59.8 Å². The van der Waals surface area contributed by atoms with Gasteiger partial charge in [-0.15, -0.1) is 0 Å². The molecule has 0 aliphatic carbocycles. The smallest absolute Gasteiger partial charge is 0.137 e. The maximum Gasteiger partial charge on any atom is 0.137 e. The van der Waals surface area contributed by atoms with E-state index in [1.807, 2.05) is 12.1 Å². The number of aromatic nitrogens is 2. The van der Waals surface area contributed by atoms with Gasteiger partial charge in [0.25, 0.3) is 0 Å². The van der Waals surface area contributed by atoms with E-state index in [-0.39, 0.29) is 5.82 Å². The Labute approximate surface area is 102 Å². The lowest BCUT2D eigenvalue weighted by molar-refractivity contribution is 0.631. The minimum Gasteiger partial charge on any atom is -0.290 e. The van der Waals surface area contributed by atoms with Crippen LogP contribution in [0.5, 0.6) is 0 Å². The number of benzene rings is 1. The average Bonchev–Trinajstić information content (AvgIpc) is 2.71. The predicted molar refractivity (Wildman–Crippen MR) is 65.6 cm³/mol. The molecule has 0 N–H and O–H groups in total. The third-order valence-electron chi connectivity index (χ3n) is 2.65. The molecule has 0 fully saturated rings. The summed E-state index contributed by atoms with van der Waals surface area (Å²) in [5.74, 6) is -0.247. The molecule has 4 heteroatoms. The van der Waals surface area contributed by atoms with Crippen LogP contribution in [0.15, 0.2) is 48.8 Å². The molecule has 0 radical (unpaired) electrons. The topological polar surface area (TPSA) is 17.3 Å². The van der Waals surface area contributed by atoms with Crippen LogP contribution in [0, 0.1) is 5.82 Å². The minimum atomic E-state index is -0.247. The molecule has 17 heavy (non-hydrogen) atoms. The van der Waals surface area contributed by atoms with Crippen molar-refractivity contribution >= 4 is 17.2 Å². The quantitative estimate of drug-likeness (QED) is 0.639. The second-order valence-electron chi connectivity index (χ2n) is 3.71. The first-order valence-corrected chi connectivity index (χ1v) is 5.51. The van der Waals surface area contributed by atoms with Crippen molar-refractivity contribution in [2.24, 2.45) is 0 Å². The highest BCUT2D eigenvalue weighted by molar-refractivity contribution is 6.29. The van der Waals surface area contributed by atoms with E-state index in [9.17, 15) is 4.39 Å². The van der Waals surface area contributed by atoms with Gasteiger partial charge in [-0.05, 0) is 18.2 Å². The summed E-state index contributed by atoms with van der Waals surface area (Å²) in [6.07, 6.45) is 3.35. The van der Waals surface area contributed by atoms with Gasteiger partial charge in [0.1, 0.15) is 16.6 Å². The lowest BCUT2D eigenvalue weighted by atomic mass is 10.1. The van der Waals surface area contributed by atoms with E-state index in [2.05, 4.69) is 4.98 Å². The van der Waals surface area contributed by atoms with Gasteiger partial charge in [0.2, 0.25) is 0 Å². The fourth-order valence-corrected chi connectivity index (χ4v) is 1.99. The van der Waals surface area contributed by atoms with Crippen molar-refractivity contribution < 1.29 is 4.39 Å². The maximum atomic E-state index is 13.6. The molecule has 84 valence electrons. The molecule has 0 amide bonds. The Hall–Kier alpha value is -1.87. The number of hydrogen-bond donors (Lipinski definition) is 0. The molecule has 0 aliphatic rings. The molecule has 3 rings (SSSR count). The molecule has 0 unspecified atom stereocenters. The fourth-order valence-electron chi connectivity index (χ4n) is 1.81. The van der Waals surface area contributed by atoms with Crippen LogP contribution in [-0.2, 0) is 0 Å². The summed E-state index contributed by atoms with van der Waals surface area (Å²) < 4.78 is 15.4. The van der Waals surface area contributed by atoms with Gasteiger partial charge >= 0.3 is 0 Å². The number of pyridine rings is 1. The normalized spacial score (nSPS) is 10.9. The van der Waals surface area contributed by atoms with Crippen LogP contribution in [0.3, 0.4) is 0 Å². The highest BCUT2D eigenvalue weighted by Crippen LogP contribution is 2.24. The van der Waals surface area contributed by atoms with Crippen molar-refractivity contribution in [1.29, 1.82) is 0 Å². The van der Waals surface area contributed by atoms with Crippen molar-refractivity contribution in [3.8, 4) is 11.1 Å². The second-order valence-corrected chi connectivity index (χ2v) is 4.09. The molecule has 0 spiro atoms. The maximum absolute atomic E-state index is 13.6. The van der Waals surface area contributed by atoms with Crippen molar-refractivity contribution in [3.63, 3.8) is 0 Å². The molecule has 0 saturated carbocycles. The molecule has 3 aromatic rings. The average molecular weight is 247 g/mol. The van der Waals surface area contributed by atoms with E-state index in [4.69, 9.17) is 11.6 Å². The van der Waals surface area contributed by atoms with Crippen molar-refractivity contribution in [2.75, 3.05) is 0 Å². The molecule has 0 atom stereocenters. The van der Waals surface area contributed by atoms with E-state index >= 15 is 0 Å². The molecule has 2 nitrogen and oxygen atoms in total. The van der Waals surface area contributed by atoms with Crippen LogP contribution in [0.2, 0.25) is 5.15 Å². The van der Waals surface area contributed by atoms with E-state index in [1.54, 1.807) is 35.0 Å². The van der Waals surface area contributed by atoms with Crippen molar-refractivity contribution in [2.45, 2.75) is 0 Å². The number of imidazole rings is 1. The third kappa shape index (κ3) is 1.68. The Balaban J connectivity index is 2.24. The standard InChI is InChI=1S/C13H8ClFN2/c14-12-7-16-13-6-5-9(8-17(12)13)10-3-1-2-4-11(10)15/h1-8H. The number of nitrogens with zero attached hydrogens (tertiary/aromatic N) is 2. The van der Waals surface area contributed by atoms with Gasteiger partial charge in [0, 0.05) is 17.3 Å². The number of halogens is 2. The Morgan fingerprint density at radius 3 is 2.76 bits per heavy atom. The van der Waals surface area contributed by atoms with E-state index in [0.717, 1.165) is 11.2 Å². The first kappa shape index (κ1) is 10.3. The second kappa shape index (κ2) is 3.86. The lowest BCUT2D eigenvalue weighted by Crippen LogP contribution is -1.89. The van der Waals surface area contributed by atoms with Crippen LogP contribution in [0.25, 0.3) is 16.8 Å². The molecule has 2 heterocycles. The van der Waals surface area contributed by atoms with Gasteiger partial charge in [0.05, 0.1) is 6.20 Å². The van der Waals surface area contributed by atoms with Gasteiger partial charge in [-0.1, -0.05) is 29.8 Å². The monoisotopic (exact) mass is 246 g/mol. The van der Waals surface area contributed by atoms with Crippen LogP contribution in [-0.4, -0.2) is 9.38 Å². The summed E-state index contributed by atoms with van der Waals surface area (Å²) in [6.45, 7) is 0. The van der Waals surface area contributed by atoms with Gasteiger partial charge in [0.15, 0.2) is 0 Å². The van der Waals surface area contributed by atoms with Crippen LogP contribution >= 0.6 is 11.6 Å². The summed E-state index contributed by atoms with van der Waals surface area (Å²) in [5.41, 5.74) is 2.07. The van der Waals surface area contributed by atoms with E-state index in [0.29, 0.717) is 10.7 Å². The predicted octanol–water partition coefficient (Wildman–Crippen LogP) is 3.79. The molecule has 1 aromatic carbocycles. The molecule has 0 saturated heterocycles. The minimum absolute atomic E-state index is 0.247. The lowest BCUT2D eigenvalue weighted by Gasteiger charge is -2.04. The first-order chi connectivity index (χ1) is 8.25. The molecule has 2 aromatic heterocycles. The third-order valence-corrected chi connectivity index (χ3v) is 2.93. The Bertz CT molecular complexity index is 691. The molecular weight excluding hydrogens is 239 g/mol. The molecular formula is C13H8ClFN2. The van der Waals surface area contributed by atoms with Gasteiger partial charge in [-0.2, -0.15) is 0 Å². The number of rotatable bonds is 1. The Morgan fingerprint density at radius 2 is 1.94 bits per heavy atom. The van der Waals surface area contributed by atoms with Crippen LogP contribution < -0.4 is 0 Å². The van der Waals surface area contributed by atoms with Gasteiger partial charge in [-0.3, -0.25) is 4.40 Å². The fraction of sp³-hybridized carbons (Fsp3) is 0. The summed E-state index contributed by atoms with van der Waals surface area (Å²) in [4.78, 5) is 4.11. The highest BCUT2D eigenvalue weighted by Gasteiger charge is 2.06. The summed E-state index contributed by atoms with van der Waals surface area (Å²) in [7, 11) is 0. The van der Waals surface area contributed by atoms with E-state index < -0.39 is 0 Å². The number of fused-ring (bicyclic) bond motifs is 1. The Kier molecular flexibility index (Phi) is 2.34. The van der Waals surface area contributed by atoms with Crippen LogP contribution in [0.4, 0.5) is 4.39 Å². The highest BCUT2D eigenvalue weighted by atomic mass is 35.5. The van der Waals surface area contributed by atoms with Gasteiger partial charge < -0.3 is 0 Å². The summed E-state index contributed by atoms with van der Waals surface area (Å²) in [5, 5.41) is 0.512. The molecule has 0 bridgehead atoms. The molecule has 0 aliphatic heterocycles. The van der Waals surface area contributed by atoms with Crippen molar-refractivity contribution in [1.82, 2.24) is 9.38 Å². The van der Waals surface area contributed by atoms with E-state index in [1.165, 1.54) is 6.07 Å².